The normalized spacial score (nSPS) is 18.9. The minimum Gasteiger partial charge on any atom is -0.361 e. The highest BCUT2D eigenvalue weighted by Crippen LogP contribution is 2.24. The third kappa shape index (κ3) is 3.01. The van der Waals surface area contributed by atoms with E-state index in [2.05, 4.69) is 15.2 Å². The zero-order valence-electron chi connectivity index (χ0n) is 14.1. The Morgan fingerprint density at radius 2 is 2.22 bits per heavy atom. The summed E-state index contributed by atoms with van der Waals surface area (Å²) >= 11 is 0. The molecular weight excluding hydrogens is 294 g/mol. The summed E-state index contributed by atoms with van der Waals surface area (Å²) in [5.41, 5.74) is 2.83. The van der Waals surface area contributed by atoms with Crippen LogP contribution < -0.4 is 4.90 Å². The van der Waals surface area contributed by atoms with Crippen LogP contribution in [0.25, 0.3) is 0 Å². The molecule has 0 saturated carbocycles. The SMILES string of the molecule is Cc1noc(C)c1CN(C)[C@@H]1CCCN(c2cnn(C)c2)C1=O. The summed E-state index contributed by atoms with van der Waals surface area (Å²) in [4.78, 5) is 16.8. The smallest absolute Gasteiger partial charge is 0.244 e. The first-order valence-corrected chi connectivity index (χ1v) is 7.89. The molecule has 2 aromatic rings. The molecule has 0 radical (unpaired) electrons. The summed E-state index contributed by atoms with van der Waals surface area (Å²) in [7, 11) is 3.85. The third-order valence-corrected chi connectivity index (χ3v) is 4.53. The fourth-order valence-electron chi connectivity index (χ4n) is 3.16. The van der Waals surface area contributed by atoms with Crippen molar-refractivity contribution in [1.82, 2.24) is 19.8 Å². The molecule has 1 aliphatic rings. The lowest BCUT2D eigenvalue weighted by Gasteiger charge is -2.36. The molecule has 0 unspecified atom stereocenters. The number of aryl methyl sites for hydroxylation is 3. The Balaban J connectivity index is 1.75. The van der Waals surface area contributed by atoms with Gasteiger partial charge < -0.3 is 9.42 Å². The number of rotatable bonds is 4. The number of amides is 1. The molecule has 7 heteroatoms. The first-order chi connectivity index (χ1) is 11.0. The van der Waals surface area contributed by atoms with Gasteiger partial charge >= 0.3 is 0 Å². The average molecular weight is 317 g/mol. The van der Waals surface area contributed by atoms with Gasteiger partial charge in [-0.1, -0.05) is 5.16 Å². The van der Waals surface area contributed by atoms with Crippen LogP contribution in [-0.4, -0.2) is 45.4 Å². The predicted octanol–water partition coefficient (Wildman–Crippen LogP) is 1.65. The van der Waals surface area contributed by atoms with E-state index in [1.165, 1.54) is 0 Å². The van der Waals surface area contributed by atoms with Crippen molar-refractivity contribution in [3.8, 4) is 0 Å². The molecule has 124 valence electrons. The molecule has 0 spiro atoms. The predicted molar refractivity (Wildman–Crippen MR) is 86.0 cm³/mol. The maximum Gasteiger partial charge on any atom is 0.244 e. The lowest BCUT2D eigenvalue weighted by molar-refractivity contribution is -0.125. The Bertz CT molecular complexity index is 686. The van der Waals surface area contributed by atoms with Gasteiger partial charge in [0.05, 0.1) is 23.6 Å². The minimum atomic E-state index is -0.127. The van der Waals surface area contributed by atoms with Crippen molar-refractivity contribution < 1.29 is 9.32 Å². The van der Waals surface area contributed by atoms with Gasteiger partial charge in [0.25, 0.3) is 0 Å². The van der Waals surface area contributed by atoms with Crippen LogP contribution in [0.15, 0.2) is 16.9 Å². The molecule has 1 fully saturated rings. The Morgan fingerprint density at radius 3 is 2.83 bits per heavy atom. The Labute approximate surface area is 135 Å². The lowest BCUT2D eigenvalue weighted by Crippen LogP contribution is -2.51. The second-order valence-corrected chi connectivity index (χ2v) is 6.24. The van der Waals surface area contributed by atoms with Crippen LogP contribution in [0.2, 0.25) is 0 Å². The van der Waals surface area contributed by atoms with E-state index in [4.69, 9.17) is 4.52 Å². The number of hydrogen-bond donors (Lipinski definition) is 0. The van der Waals surface area contributed by atoms with Gasteiger partial charge in [-0.25, -0.2) is 0 Å². The number of nitrogens with zero attached hydrogens (tertiary/aromatic N) is 5. The number of anilines is 1. The van der Waals surface area contributed by atoms with Gasteiger partial charge in [0.2, 0.25) is 5.91 Å². The molecule has 0 bridgehead atoms. The van der Waals surface area contributed by atoms with Crippen molar-refractivity contribution >= 4 is 11.6 Å². The molecule has 3 heterocycles. The van der Waals surface area contributed by atoms with Gasteiger partial charge in [0, 0.05) is 31.9 Å². The fraction of sp³-hybridized carbons (Fsp3) is 0.562. The molecule has 0 aromatic carbocycles. The number of hydrogen-bond acceptors (Lipinski definition) is 5. The summed E-state index contributed by atoms with van der Waals surface area (Å²) < 4.78 is 6.94. The van der Waals surface area contributed by atoms with Gasteiger partial charge in [0.1, 0.15) is 5.76 Å². The van der Waals surface area contributed by atoms with E-state index in [0.29, 0.717) is 6.54 Å². The monoisotopic (exact) mass is 317 g/mol. The molecule has 1 saturated heterocycles. The van der Waals surface area contributed by atoms with Crippen molar-refractivity contribution in [3.63, 3.8) is 0 Å². The summed E-state index contributed by atoms with van der Waals surface area (Å²) in [5, 5.41) is 8.16. The largest absolute Gasteiger partial charge is 0.361 e. The van der Waals surface area contributed by atoms with E-state index in [1.807, 2.05) is 39.0 Å². The maximum absolute atomic E-state index is 12.9. The van der Waals surface area contributed by atoms with Crippen LogP contribution in [-0.2, 0) is 18.4 Å². The Morgan fingerprint density at radius 1 is 1.43 bits per heavy atom. The first-order valence-electron chi connectivity index (χ1n) is 7.89. The topological polar surface area (TPSA) is 67.4 Å². The number of likely N-dealkylation sites (N-methyl/N-ethyl adjacent to an activating group) is 1. The van der Waals surface area contributed by atoms with Crippen LogP contribution in [0.3, 0.4) is 0 Å². The van der Waals surface area contributed by atoms with Crippen LogP contribution in [0, 0.1) is 13.8 Å². The molecule has 3 rings (SSSR count). The molecule has 2 aromatic heterocycles. The van der Waals surface area contributed by atoms with Gasteiger partial charge in [-0.05, 0) is 33.7 Å². The third-order valence-electron chi connectivity index (χ3n) is 4.53. The van der Waals surface area contributed by atoms with Gasteiger partial charge in [-0.3, -0.25) is 14.4 Å². The second kappa shape index (κ2) is 6.16. The zero-order chi connectivity index (χ0) is 16.6. The first kappa shape index (κ1) is 15.7. The van der Waals surface area contributed by atoms with Crippen molar-refractivity contribution in [3.05, 3.63) is 29.4 Å². The molecule has 7 nitrogen and oxygen atoms in total. The average Bonchev–Trinajstić information content (AvgIpc) is 3.08. The second-order valence-electron chi connectivity index (χ2n) is 6.24. The van der Waals surface area contributed by atoms with Crippen molar-refractivity contribution in [2.24, 2.45) is 7.05 Å². The molecular formula is C16H23N5O2. The van der Waals surface area contributed by atoms with Gasteiger partial charge in [-0.15, -0.1) is 0 Å². The quantitative estimate of drug-likeness (QED) is 0.858. The van der Waals surface area contributed by atoms with Crippen LogP contribution in [0.4, 0.5) is 5.69 Å². The van der Waals surface area contributed by atoms with E-state index in [-0.39, 0.29) is 11.9 Å². The summed E-state index contributed by atoms with van der Waals surface area (Å²) in [6.07, 6.45) is 5.48. The van der Waals surface area contributed by atoms with Crippen LogP contribution in [0.1, 0.15) is 29.9 Å². The minimum absolute atomic E-state index is 0.127. The molecule has 23 heavy (non-hydrogen) atoms. The zero-order valence-corrected chi connectivity index (χ0v) is 14.1. The van der Waals surface area contributed by atoms with E-state index in [0.717, 1.165) is 42.1 Å². The van der Waals surface area contributed by atoms with Gasteiger partial charge in [0.15, 0.2) is 0 Å². The maximum atomic E-state index is 12.9. The van der Waals surface area contributed by atoms with Crippen molar-refractivity contribution in [2.75, 3.05) is 18.5 Å². The number of carbonyl (C=O) groups excluding carboxylic acids is 1. The van der Waals surface area contributed by atoms with E-state index < -0.39 is 0 Å². The Kier molecular flexibility index (Phi) is 4.21. The summed E-state index contributed by atoms with van der Waals surface area (Å²) in [6, 6.07) is -0.127. The van der Waals surface area contributed by atoms with Crippen molar-refractivity contribution in [2.45, 2.75) is 39.3 Å². The number of piperidine rings is 1. The van der Waals surface area contributed by atoms with E-state index >= 15 is 0 Å². The van der Waals surface area contributed by atoms with E-state index in [1.54, 1.807) is 10.9 Å². The van der Waals surface area contributed by atoms with Crippen LogP contribution >= 0.6 is 0 Å². The molecule has 1 atom stereocenters. The number of aromatic nitrogens is 3. The van der Waals surface area contributed by atoms with E-state index in [9.17, 15) is 4.79 Å². The lowest BCUT2D eigenvalue weighted by atomic mass is 10.0. The Hall–Kier alpha value is -2.15. The molecule has 1 aliphatic heterocycles. The molecule has 0 aliphatic carbocycles. The van der Waals surface area contributed by atoms with Crippen molar-refractivity contribution in [1.29, 1.82) is 0 Å². The highest BCUT2D eigenvalue weighted by molar-refractivity contribution is 5.97. The number of carbonyl (C=O) groups is 1. The molecule has 1 amide bonds. The standard InChI is InChI=1S/C16H23N5O2/c1-11-14(12(2)23-18-11)10-19(3)15-6-5-7-21(16(15)22)13-8-17-20(4)9-13/h8-9,15H,5-7,10H2,1-4H3/t15-/m1/s1. The highest BCUT2D eigenvalue weighted by Gasteiger charge is 2.33. The summed E-state index contributed by atoms with van der Waals surface area (Å²) in [5.74, 6) is 0.959. The summed E-state index contributed by atoms with van der Waals surface area (Å²) in [6.45, 7) is 5.26. The highest BCUT2D eigenvalue weighted by atomic mass is 16.5. The van der Waals surface area contributed by atoms with Crippen LogP contribution in [0.5, 0.6) is 0 Å². The van der Waals surface area contributed by atoms with Gasteiger partial charge in [-0.2, -0.15) is 5.10 Å². The fourth-order valence-corrected chi connectivity index (χ4v) is 3.16. The molecule has 0 N–H and O–H groups in total.